The van der Waals surface area contributed by atoms with Crippen LogP contribution < -0.4 is 14.4 Å². The maximum atomic E-state index is 13.0. The molecule has 0 fully saturated rings. The zero-order valence-corrected chi connectivity index (χ0v) is 18.8. The van der Waals surface area contributed by atoms with Crippen LogP contribution >= 0.6 is 0 Å². The summed E-state index contributed by atoms with van der Waals surface area (Å²) in [5, 5.41) is 18.9. The van der Waals surface area contributed by atoms with Crippen molar-refractivity contribution in [1.82, 2.24) is 0 Å². The minimum Gasteiger partial charge on any atom is -0.490 e. The number of nitrogens with zero attached hydrogens (tertiary/aromatic N) is 2. The zero-order valence-electron chi connectivity index (χ0n) is 24.8. The van der Waals surface area contributed by atoms with E-state index in [0.717, 1.165) is 41.9 Å². The van der Waals surface area contributed by atoms with Gasteiger partial charge in [0.15, 0.2) is 18.1 Å². The number of ether oxygens (including phenoxy) is 2. The summed E-state index contributed by atoms with van der Waals surface area (Å²) in [7, 11) is 0. The van der Waals surface area contributed by atoms with Gasteiger partial charge in [-0.15, -0.1) is 0 Å². The Morgan fingerprint density at radius 1 is 1.24 bits per heavy atom. The van der Waals surface area contributed by atoms with Crippen LogP contribution in [0.5, 0.6) is 11.5 Å². The molecule has 0 saturated carbocycles. The molecular weight excluding hydrogens is 445 g/mol. The first-order chi connectivity index (χ1) is 18.5. The number of para-hydroxylation sites is 2. The summed E-state index contributed by atoms with van der Waals surface area (Å²) in [6.45, 7) is -3.99. The van der Waals surface area contributed by atoms with Crippen molar-refractivity contribution in [3.05, 3.63) is 53.1 Å². The molecule has 0 saturated heterocycles. The molecule has 1 aliphatic heterocycles. The molecular formula is C26H31F3N2O3. The van der Waals surface area contributed by atoms with Gasteiger partial charge in [-0.2, -0.15) is 18.4 Å². The Morgan fingerprint density at radius 3 is 2.65 bits per heavy atom. The molecule has 1 atom stereocenters. The van der Waals surface area contributed by atoms with Gasteiger partial charge in [0.05, 0.1) is 23.3 Å². The van der Waals surface area contributed by atoms with Crippen molar-refractivity contribution in [3.8, 4) is 17.6 Å². The van der Waals surface area contributed by atoms with Crippen molar-refractivity contribution >= 4 is 5.69 Å². The highest BCUT2D eigenvalue weighted by atomic mass is 19.4. The van der Waals surface area contributed by atoms with E-state index in [0.29, 0.717) is 24.9 Å². The molecule has 5 nitrogen and oxygen atoms in total. The highest BCUT2D eigenvalue weighted by molar-refractivity contribution is 5.68. The van der Waals surface area contributed by atoms with Crippen LogP contribution in [0, 0.1) is 17.2 Å². The van der Waals surface area contributed by atoms with E-state index in [9.17, 15) is 18.4 Å². The van der Waals surface area contributed by atoms with Gasteiger partial charge in [-0.25, -0.2) is 0 Å². The van der Waals surface area contributed by atoms with Gasteiger partial charge in [0.1, 0.15) is 6.07 Å². The Balaban J connectivity index is 1.74. The van der Waals surface area contributed by atoms with E-state index in [1.165, 1.54) is 12.1 Å². The fourth-order valence-electron chi connectivity index (χ4n) is 3.89. The zero-order chi connectivity index (χ0) is 29.9. The summed E-state index contributed by atoms with van der Waals surface area (Å²) in [5.74, 6) is -1.73. The second-order valence-corrected chi connectivity index (χ2v) is 8.12. The van der Waals surface area contributed by atoms with Gasteiger partial charge in [-0.1, -0.05) is 25.1 Å². The second-order valence-electron chi connectivity index (χ2n) is 8.12. The van der Waals surface area contributed by atoms with Gasteiger partial charge in [0.2, 0.25) is 0 Å². The molecule has 2 aromatic rings. The quantitative estimate of drug-likeness (QED) is 0.446. The lowest BCUT2D eigenvalue weighted by Gasteiger charge is -2.21. The topological polar surface area (TPSA) is 65.7 Å². The summed E-state index contributed by atoms with van der Waals surface area (Å²) in [4.78, 5) is 2.06. The van der Waals surface area contributed by atoms with E-state index >= 15 is 0 Å². The molecule has 1 heterocycles. The van der Waals surface area contributed by atoms with Crippen LogP contribution in [0.15, 0.2) is 36.4 Å². The number of hydrogen-bond donors (Lipinski definition) is 1. The van der Waals surface area contributed by atoms with E-state index in [4.69, 9.17) is 18.1 Å². The van der Waals surface area contributed by atoms with Crippen molar-refractivity contribution in [3.63, 3.8) is 0 Å². The molecule has 0 spiro atoms. The maximum absolute atomic E-state index is 13.0. The predicted octanol–water partition coefficient (Wildman–Crippen LogP) is 5.28. The number of anilines is 1. The lowest BCUT2D eigenvalue weighted by atomic mass is 9.93. The minimum absolute atomic E-state index is 0.0456. The summed E-state index contributed by atoms with van der Waals surface area (Å²) in [5.41, 5.74) is 3.09. The third-order valence-corrected chi connectivity index (χ3v) is 5.32. The molecule has 0 aromatic heterocycles. The molecule has 1 N–H and O–H groups in total. The highest BCUT2D eigenvalue weighted by Gasteiger charge is 2.29. The number of aliphatic hydroxyl groups is 1. The number of benzene rings is 2. The molecule has 34 heavy (non-hydrogen) atoms. The number of aliphatic hydroxyl groups excluding tert-OH is 1. The van der Waals surface area contributed by atoms with E-state index in [1.807, 2.05) is 6.07 Å². The SMILES string of the molecule is [2H]C([2H])(C[C@H](C)Cc1cc(C#N)c2c(c1)CCN2CCCO)C([2H])([2H])Oc1ccccc1OC([2H])([2H])C(F)(F)F. The largest absolute Gasteiger partial charge is 0.490 e. The smallest absolute Gasteiger partial charge is 0.422 e. The Bertz CT molecular complexity index is 1240. The molecule has 0 bridgehead atoms. The number of rotatable bonds is 12. The van der Waals surface area contributed by atoms with Crippen LogP contribution in [0.25, 0.3) is 0 Å². The first-order valence-electron chi connectivity index (χ1n) is 14.0. The van der Waals surface area contributed by atoms with E-state index in [1.54, 1.807) is 13.0 Å². The van der Waals surface area contributed by atoms with Gasteiger partial charge < -0.3 is 19.5 Å². The molecule has 0 aliphatic carbocycles. The van der Waals surface area contributed by atoms with Crippen LogP contribution in [-0.4, -0.2) is 44.1 Å². The third kappa shape index (κ3) is 7.29. The van der Waals surface area contributed by atoms with Crippen LogP contribution in [0.1, 0.15) is 51.1 Å². The summed E-state index contributed by atoms with van der Waals surface area (Å²) in [6, 6.07) is 10.5. The lowest BCUT2D eigenvalue weighted by molar-refractivity contribution is -0.153. The van der Waals surface area contributed by atoms with Crippen molar-refractivity contribution in [1.29, 1.82) is 5.26 Å². The molecule has 8 heteroatoms. The number of alkyl halides is 3. The molecule has 3 rings (SSSR count). The number of hydrogen-bond acceptors (Lipinski definition) is 5. The van der Waals surface area contributed by atoms with Crippen LogP contribution in [-0.2, 0) is 12.8 Å². The third-order valence-electron chi connectivity index (χ3n) is 5.32. The fraction of sp³-hybridized carbons (Fsp3) is 0.500. The fourth-order valence-corrected chi connectivity index (χ4v) is 3.89. The Labute approximate surface area is 207 Å². The number of nitriles is 1. The van der Waals surface area contributed by atoms with Crippen LogP contribution in [0.3, 0.4) is 0 Å². The predicted molar refractivity (Wildman–Crippen MR) is 124 cm³/mol. The van der Waals surface area contributed by atoms with E-state index in [-0.39, 0.29) is 13.0 Å². The average molecular weight is 483 g/mol. The summed E-state index contributed by atoms with van der Waals surface area (Å²) < 4.78 is 96.2. The van der Waals surface area contributed by atoms with Crippen molar-refractivity contribution < 1.29 is 36.0 Å². The first-order valence-corrected chi connectivity index (χ1v) is 11.0. The van der Waals surface area contributed by atoms with Gasteiger partial charge in [-0.05, 0) is 67.3 Å². The highest BCUT2D eigenvalue weighted by Crippen LogP contribution is 2.34. The molecule has 2 aromatic carbocycles. The van der Waals surface area contributed by atoms with Crippen molar-refractivity contribution in [2.24, 2.45) is 5.92 Å². The summed E-state index contributed by atoms with van der Waals surface area (Å²) >= 11 is 0. The summed E-state index contributed by atoms with van der Waals surface area (Å²) in [6.07, 6.45) is -6.67. The number of halogens is 3. The van der Waals surface area contributed by atoms with Crippen molar-refractivity contribution in [2.45, 2.75) is 45.2 Å². The van der Waals surface area contributed by atoms with Gasteiger partial charge in [-0.3, -0.25) is 0 Å². The monoisotopic (exact) mass is 482 g/mol. The number of fused-ring (bicyclic) bond motifs is 1. The first kappa shape index (κ1) is 18.4. The Kier molecular flexibility index (Phi) is 6.49. The second kappa shape index (κ2) is 12.0. The average Bonchev–Trinajstić information content (AvgIpc) is 3.24. The Morgan fingerprint density at radius 2 is 1.97 bits per heavy atom. The standard InChI is InChI=1S/C26H31F3N2O3/c1-19(6-4-13-33-23-7-2-3-8-24(23)34-18-26(27,28)29)14-20-15-21-9-11-31(10-5-12-32)25(21)22(16-20)17-30/h2-3,7-8,15-16,19,32H,4-6,9-14,18H2,1H3/t19-/m0/s1/i4D2,13D2,18D2. The molecule has 1 aliphatic rings. The maximum Gasteiger partial charge on any atom is 0.422 e. The molecule has 184 valence electrons. The molecule has 0 radical (unpaired) electrons. The molecule has 0 amide bonds. The van der Waals surface area contributed by atoms with E-state index < -0.39 is 43.1 Å². The normalized spacial score (nSPS) is 17.8. The Hall–Kier alpha value is -2.92. The molecule has 0 unspecified atom stereocenters. The van der Waals surface area contributed by atoms with Crippen molar-refractivity contribution in [2.75, 3.05) is 37.7 Å². The van der Waals surface area contributed by atoms with Crippen LogP contribution in [0.2, 0.25) is 0 Å². The van der Waals surface area contributed by atoms with Gasteiger partial charge in [0, 0.05) is 22.4 Å². The van der Waals surface area contributed by atoms with Crippen LogP contribution in [0.4, 0.5) is 18.9 Å². The lowest BCUT2D eigenvalue weighted by Crippen LogP contribution is -2.23. The van der Waals surface area contributed by atoms with Gasteiger partial charge >= 0.3 is 6.18 Å². The van der Waals surface area contributed by atoms with E-state index in [2.05, 4.69) is 15.7 Å². The minimum atomic E-state index is -5.37. The van der Waals surface area contributed by atoms with Gasteiger partial charge in [0.25, 0.3) is 0 Å².